The lowest BCUT2D eigenvalue weighted by Gasteiger charge is -2.32. The van der Waals surface area contributed by atoms with Crippen LogP contribution >= 0.6 is 0 Å². The summed E-state index contributed by atoms with van der Waals surface area (Å²) in [7, 11) is 1.80. The van der Waals surface area contributed by atoms with Crippen molar-refractivity contribution in [2.45, 2.75) is 50.9 Å². The predicted molar refractivity (Wildman–Crippen MR) is 89.1 cm³/mol. The first kappa shape index (κ1) is 20.1. The summed E-state index contributed by atoms with van der Waals surface area (Å²) in [5.41, 5.74) is 2.55. The minimum absolute atomic E-state index is 0.441. The van der Waals surface area contributed by atoms with Crippen molar-refractivity contribution >= 4 is 5.97 Å². The third kappa shape index (κ3) is 5.65. The Bertz CT molecular complexity index is 656. The van der Waals surface area contributed by atoms with Crippen LogP contribution in [0.1, 0.15) is 43.0 Å². The van der Waals surface area contributed by atoms with Gasteiger partial charge in [0.15, 0.2) is 0 Å². The maximum absolute atomic E-state index is 10.6. The Labute approximate surface area is 155 Å². The van der Waals surface area contributed by atoms with E-state index < -0.39 is 12.1 Å². The summed E-state index contributed by atoms with van der Waals surface area (Å²) in [6.45, 7) is 5.17. The molecular formula is C17H25F3N4O3. The molecule has 2 fully saturated rings. The number of carboxylic acids is 1. The van der Waals surface area contributed by atoms with Gasteiger partial charge in [-0.3, -0.25) is 4.90 Å². The molecule has 1 aromatic heterocycles. The zero-order chi connectivity index (χ0) is 19.6. The lowest BCUT2D eigenvalue weighted by Crippen LogP contribution is -2.37. The Morgan fingerprint density at radius 1 is 1.22 bits per heavy atom. The van der Waals surface area contributed by atoms with Gasteiger partial charge in [-0.2, -0.15) is 13.2 Å². The van der Waals surface area contributed by atoms with Crippen LogP contribution in [0.2, 0.25) is 0 Å². The molecule has 0 radical (unpaired) electrons. The Kier molecular flexibility index (Phi) is 6.05. The van der Waals surface area contributed by atoms with E-state index in [0.29, 0.717) is 5.92 Å². The highest BCUT2D eigenvalue weighted by Crippen LogP contribution is 2.35. The fourth-order valence-corrected chi connectivity index (χ4v) is 3.41. The van der Waals surface area contributed by atoms with Crippen molar-refractivity contribution in [3.8, 4) is 0 Å². The van der Waals surface area contributed by atoms with Crippen LogP contribution < -0.4 is 0 Å². The van der Waals surface area contributed by atoms with Gasteiger partial charge in [-0.05, 0) is 37.5 Å². The van der Waals surface area contributed by atoms with E-state index >= 15 is 0 Å². The number of aromatic nitrogens is 3. The van der Waals surface area contributed by atoms with E-state index in [1.54, 1.807) is 7.11 Å². The van der Waals surface area contributed by atoms with E-state index in [1.165, 1.54) is 43.6 Å². The maximum Gasteiger partial charge on any atom is 0.490 e. The highest BCUT2D eigenvalue weighted by atomic mass is 19.4. The summed E-state index contributed by atoms with van der Waals surface area (Å²) in [5, 5.41) is 16.0. The van der Waals surface area contributed by atoms with Crippen molar-refractivity contribution in [1.82, 2.24) is 19.9 Å². The number of hydrogen-bond acceptors (Lipinski definition) is 5. The minimum atomic E-state index is -5.08. The number of fused-ring (bicyclic) bond motifs is 1. The fraction of sp³-hybridized carbons (Fsp3) is 0.824. The fourth-order valence-electron chi connectivity index (χ4n) is 3.41. The molecule has 10 heteroatoms. The molecule has 7 nitrogen and oxygen atoms in total. The first-order chi connectivity index (χ1) is 12.8. The van der Waals surface area contributed by atoms with Crippen LogP contribution in [0.25, 0.3) is 0 Å². The monoisotopic (exact) mass is 390 g/mol. The topological polar surface area (TPSA) is 80.5 Å². The Balaban J connectivity index is 0.000000260. The summed E-state index contributed by atoms with van der Waals surface area (Å²) in [6.07, 6.45) is 0.452. The van der Waals surface area contributed by atoms with Gasteiger partial charge in [-0.1, -0.05) is 5.21 Å². The Morgan fingerprint density at radius 2 is 1.81 bits per heavy atom. The van der Waals surface area contributed by atoms with Crippen LogP contribution in [0.4, 0.5) is 13.2 Å². The molecule has 0 bridgehead atoms. The quantitative estimate of drug-likeness (QED) is 0.803. The van der Waals surface area contributed by atoms with E-state index in [0.717, 1.165) is 38.1 Å². The third-order valence-corrected chi connectivity index (χ3v) is 5.04. The molecule has 152 valence electrons. The average molecular weight is 390 g/mol. The summed E-state index contributed by atoms with van der Waals surface area (Å²) in [6, 6.07) is 0. The number of halogens is 3. The van der Waals surface area contributed by atoms with Crippen molar-refractivity contribution in [1.29, 1.82) is 0 Å². The first-order valence-electron chi connectivity index (χ1n) is 9.21. The first-order valence-corrected chi connectivity index (χ1v) is 9.21. The predicted octanol–water partition coefficient (Wildman–Crippen LogP) is 2.28. The second-order valence-electron chi connectivity index (χ2n) is 7.64. The molecule has 3 aliphatic rings. The lowest BCUT2D eigenvalue weighted by molar-refractivity contribution is -0.192. The Hall–Kier alpha value is -1.68. The normalized spacial score (nSPS) is 22.7. The van der Waals surface area contributed by atoms with Crippen molar-refractivity contribution in [2.24, 2.45) is 11.8 Å². The summed E-state index contributed by atoms with van der Waals surface area (Å²) in [5.74, 6) is -0.543. The van der Waals surface area contributed by atoms with Gasteiger partial charge in [-0.15, -0.1) is 5.10 Å². The molecule has 1 unspecified atom stereocenters. The summed E-state index contributed by atoms with van der Waals surface area (Å²) in [4.78, 5) is 11.5. The molecule has 1 aliphatic heterocycles. The maximum atomic E-state index is 10.6. The highest BCUT2D eigenvalue weighted by Gasteiger charge is 2.38. The molecule has 0 spiro atoms. The third-order valence-electron chi connectivity index (χ3n) is 5.04. The van der Waals surface area contributed by atoms with Gasteiger partial charge in [0.05, 0.1) is 12.3 Å². The SMILES string of the molecule is COCC1CN(CC2CC2)Cc2nnn(CC3CC3)c21.O=C(O)C(F)(F)F. The van der Waals surface area contributed by atoms with E-state index in [-0.39, 0.29) is 0 Å². The van der Waals surface area contributed by atoms with E-state index in [1.807, 2.05) is 0 Å². The molecule has 2 saturated carbocycles. The number of alkyl halides is 3. The average Bonchev–Trinajstić information content (AvgIpc) is 3.49. The van der Waals surface area contributed by atoms with Gasteiger partial charge in [0.1, 0.15) is 5.69 Å². The number of carboxylic acid groups (broad SMARTS) is 1. The molecule has 1 atom stereocenters. The number of aliphatic carboxylic acids is 1. The molecule has 4 rings (SSSR count). The van der Waals surface area contributed by atoms with Gasteiger partial charge in [0.25, 0.3) is 0 Å². The number of ether oxygens (including phenoxy) is 1. The van der Waals surface area contributed by atoms with Crippen LogP contribution in [0.5, 0.6) is 0 Å². The molecule has 2 heterocycles. The van der Waals surface area contributed by atoms with Crippen LogP contribution in [0.3, 0.4) is 0 Å². The van der Waals surface area contributed by atoms with Crippen molar-refractivity contribution in [3.05, 3.63) is 11.4 Å². The number of nitrogens with zero attached hydrogens (tertiary/aromatic N) is 4. The molecule has 0 aromatic carbocycles. The number of hydrogen-bond donors (Lipinski definition) is 1. The number of carbonyl (C=O) groups is 1. The largest absolute Gasteiger partial charge is 0.490 e. The van der Waals surface area contributed by atoms with Gasteiger partial charge in [-0.25, -0.2) is 9.48 Å². The molecule has 1 N–H and O–H groups in total. The van der Waals surface area contributed by atoms with Crippen molar-refractivity contribution < 1.29 is 27.8 Å². The van der Waals surface area contributed by atoms with Crippen molar-refractivity contribution in [3.63, 3.8) is 0 Å². The van der Waals surface area contributed by atoms with Crippen LogP contribution in [0.15, 0.2) is 0 Å². The lowest BCUT2D eigenvalue weighted by atomic mass is 9.98. The molecule has 0 saturated heterocycles. The van der Waals surface area contributed by atoms with Gasteiger partial charge in [0, 0.05) is 39.2 Å². The minimum Gasteiger partial charge on any atom is -0.475 e. The van der Waals surface area contributed by atoms with Crippen molar-refractivity contribution in [2.75, 3.05) is 26.8 Å². The van der Waals surface area contributed by atoms with Gasteiger partial charge >= 0.3 is 12.1 Å². The van der Waals surface area contributed by atoms with Gasteiger partial charge in [0.2, 0.25) is 0 Å². The van der Waals surface area contributed by atoms with E-state index in [2.05, 4.69) is 19.9 Å². The second-order valence-corrected chi connectivity index (χ2v) is 7.64. The molecule has 1 aromatic rings. The zero-order valence-corrected chi connectivity index (χ0v) is 15.3. The highest BCUT2D eigenvalue weighted by molar-refractivity contribution is 5.73. The molecule has 27 heavy (non-hydrogen) atoms. The summed E-state index contributed by atoms with van der Waals surface area (Å²) >= 11 is 0. The number of rotatable bonds is 6. The number of methoxy groups -OCH3 is 1. The van der Waals surface area contributed by atoms with Crippen LogP contribution in [-0.2, 0) is 22.6 Å². The molecular weight excluding hydrogens is 365 g/mol. The van der Waals surface area contributed by atoms with E-state index in [9.17, 15) is 13.2 Å². The van der Waals surface area contributed by atoms with Crippen LogP contribution in [-0.4, -0.2) is 64.0 Å². The van der Waals surface area contributed by atoms with Gasteiger partial charge < -0.3 is 9.84 Å². The smallest absolute Gasteiger partial charge is 0.475 e. The summed E-state index contributed by atoms with van der Waals surface area (Å²) < 4.78 is 39.4. The zero-order valence-electron chi connectivity index (χ0n) is 15.3. The molecule has 2 aliphatic carbocycles. The van der Waals surface area contributed by atoms with Crippen LogP contribution in [0, 0.1) is 11.8 Å². The second kappa shape index (κ2) is 8.14. The molecule has 0 amide bonds. The Morgan fingerprint density at radius 3 is 2.33 bits per heavy atom. The standard InChI is InChI=1S/C15H24N4O.C2HF3O2/c1-20-10-13-8-18(6-11-2-3-11)9-14-15(13)19(17-16-14)7-12-4-5-12;3-2(4,5)1(6)7/h11-13H,2-10H2,1H3;(H,6,7). The van der Waals surface area contributed by atoms with E-state index in [4.69, 9.17) is 14.6 Å².